The van der Waals surface area contributed by atoms with Gasteiger partial charge in [-0.3, -0.25) is 4.99 Å². The van der Waals surface area contributed by atoms with Crippen molar-refractivity contribution >= 4 is 18.5 Å². The molecule has 1 fully saturated rings. The van der Waals surface area contributed by atoms with Gasteiger partial charge < -0.3 is 4.74 Å². The molecule has 0 aromatic heterocycles. The van der Waals surface area contributed by atoms with Crippen molar-refractivity contribution in [1.82, 2.24) is 0 Å². The molecule has 1 aliphatic carbocycles. The highest BCUT2D eigenvalue weighted by atomic mass is 32.1. The SMILES string of the molecule is C1CC1.C=C(CC)C(=C)OC(CCCCCCCCCCC)=NC.CCc1ccccc1.CS. The predicted molar refractivity (Wildman–Crippen MR) is 159 cm³/mol. The van der Waals surface area contributed by atoms with Crippen molar-refractivity contribution in [2.45, 2.75) is 117 Å². The highest BCUT2D eigenvalue weighted by Crippen LogP contribution is 2.15. The van der Waals surface area contributed by atoms with Gasteiger partial charge in [0.05, 0.1) is 0 Å². The van der Waals surface area contributed by atoms with Crippen LogP contribution in [0.15, 0.2) is 59.8 Å². The summed E-state index contributed by atoms with van der Waals surface area (Å²) in [6.07, 6.45) is 21.1. The number of hydrogen-bond acceptors (Lipinski definition) is 3. The lowest BCUT2D eigenvalue weighted by atomic mass is 10.1. The van der Waals surface area contributed by atoms with Crippen LogP contribution in [0.5, 0.6) is 0 Å². The molecule has 0 radical (unpaired) electrons. The van der Waals surface area contributed by atoms with E-state index in [1.165, 1.54) is 76.2 Å². The van der Waals surface area contributed by atoms with Crippen LogP contribution >= 0.6 is 12.6 Å². The molecule has 0 bridgehead atoms. The first-order chi connectivity index (χ1) is 16.6. The summed E-state index contributed by atoms with van der Waals surface area (Å²) in [5.74, 6) is 1.45. The molecule has 0 N–H and O–H groups in total. The lowest BCUT2D eigenvalue weighted by Crippen LogP contribution is -2.05. The molecule has 3 heteroatoms. The molecule has 0 amide bonds. The zero-order valence-electron chi connectivity index (χ0n) is 23.2. The van der Waals surface area contributed by atoms with Crippen molar-refractivity contribution in [1.29, 1.82) is 0 Å². The molecule has 0 unspecified atom stereocenters. The van der Waals surface area contributed by atoms with Crippen molar-refractivity contribution in [3.8, 4) is 0 Å². The second-order valence-corrected chi connectivity index (χ2v) is 8.58. The van der Waals surface area contributed by atoms with Crippen molar-refractivity contribution < 1.29 is 4.74 Å². The number of hydrogen-bond donors (Lipinski definition) is 1. The summed E-state index contributed by atoms with van der Waals surface area (Å²) in [5, 5.41) is 0. The lowest BCUT2D eigenvalue weighted by molar-refractivity contribution is 0.407. The molecule has 0 atom stereocenters. The van der Waals surface area contributed by atoms with E-state index in [0.717, 1.165) is 37.2 Å². The molecular weight excluding hydrogens is 434 g/mol. The largest absolute Gasteiger partial charge is 0.444 e. The number of thiol groups is 1. The molecule has 34 heavy (non-hydrogen) atoms. The standard InChI is InChI=1S/C19H35NO.C8H10.C3H6.CH4S/c1-6-8-9-10-11-12-13-14-15-16-19(20-5)21-18(4)17(3)7-2;1-2-8-6-4-3-5-7-8;1-2-3-1;1-2/h3-4,6-16H2,1-2,5H3;3-7H,2H2,1H3;1-3H2;2H,1H3. The first-order valence-corrected chi connectivity index (χ1v) is 14.5. The topological polar surface area (TPSA) is 21.6 Å². The maximum absolute atomic E-state index is 5.68. The van der Waals surface area contributed by atoms with Crippen molar-refractivity contribution in [2.24, 2.45) is 4.99 Å². The Balaban J connectivity index is 0. The first-order valence-electron chi connectivity index (χ1n) is 13.6. The first kappa shape index (κ1) is 34.7. The maximum atomic E-state index is 5.68. The molecule has 2 rings (SSSR count). The normalized spacial score (nSPS) is 11.5. The Hall–Kier alpha value is -1.48. The third-order valence-corrected chi connectivity index (χ3v) is 5.41. The van der Waals surface area contributed by atoms with E-state index < -0.39 is 0 Å². The van der Waals surface area contributed by atoms with Gasteiger partial charge >= 0.3 is 0 Å². The van der Waals surface area contributed by atoms with Crippen LogP contribution < -0.4 is 0 Å². The molecular formula is C31H55NOS. The number of aliphatic imine (C=N–C) groups is 1. The number of ether oxygens (including phenoxy) is 1. The average Bonchev–Trinajstić information content (AvgIpc) is 3.78. The highest BCUT2D eigenvalue weighted by Gasteiger charge is 2.05. The minimum absolute atomic E-state index is 0.661. The average molecular weight is 490 g/mol. The number of aryl methyl sites for hydroxylation is 1. The van der Waals surface area contributed by atoms with E-state index in [-0.39, 0.29) is 0 Å². The van der Waals surface area contributed by atoms with Crippen molar-refractivity contribution in [2.75, 3.05) is 13.3 Å². The number of benzene rings is 1. The van der Waals surface area contributed by atoms with Crippen LogP contribution in [0.1, 0.15) is 116 Å². The second-order valence-electron chi connectivity index (χ2n) is 8.58. The number of allylic oxidation sites excluding steroid dienone is 1. The van der Waals surface area contributed by atoms with Gasteiger partial charge in [-0.15, -0.1) is 0 Å². The van der Waals surface area contributed by atoms with Gasteiger partial charge in [0.15, 0.2) is 5.90 Å². The van der Waals surface area contributed by atoms with Gasteiger partial charge in [0.2, 0.25) is 0 Å². The Labute approximate surface area is 218 Å². The van der Waals surface area contributed by atoms with Gasteiger partial charge in [0.1, 0.15) is 5.76 Å². The van der Waals surface area contributed by atoms with Crippen LogP contribution in [0.25, 0.3) is 0 Å². The van der Waals surface area contributed by atoms with E-state index in [4.69, 9.17) is 4.74 Å². The van der Waals surface area contributed by atoms with Crippen LogP contribution in [0.2, 0.25) is 0 Å². The van der Waals surface area contributed by atoms with Gasteiger partial charge in [-0.2, -0.15) is 12.6 Å². The Morgan fingerprint density at radius 3 is 1.71 bits per heavy atom. The molecule has 1 saturated carbocycles. The third-order valence-electron chi connectivity index (χ3n) is 5.41. The summed E-state index contributed by atoms with van der Waals surface area (Å²) in [4.78, 5) is 4.20. The van der Waals surface area contributed by atoms with Gasteiger partial charge in [-0.05, 0) is 36.7 Å². The van der Waals surface area contributed by atoms with Gasteiger partial charge in [0.25, 0.3) is 0 Å². The Kier molecular flexibility index (Phi) is 28.3. The molecule has 2 nitrogen and oxygen atoms in total. The second kappa shape index (κ2) is 27.8. The maximum Gasteiger partial charge on any atom is 0.189 e. The van der Waals surface area contributed by atoms with E-state index in [0.29, 0.717) is 5.76 Å². The van der Waals surface area contributed by atoms with E-state index in [1.807, 2.05) is 6.07 Å². The highest BCUT2D eigenvalue weighted by molar-refractivity contribution is 7.79. The molecule has 1 aliphatic rings. The summed E-state index contributed by atoms with van der Waals surface area (Å²) in [6.45, 7) is 14.3. The molecule has 1 aromatic carbocycles. The minimum Gasteiger partial charge on any atom is -0.444 e. The van der Waals surface area contributed by atoms with Crippen LogP contribution in [0, 0.1) is 0 Å². The van der Waals surface area contributed by atoms with Crippen LogP contribution in [0.3, 0.4) is 0 Å². The summed E-state index contributed by atoms with van der Waals surface area (Å²) in [5.41, 5.74) is 2.36. The smallest absolute Gasteiger partial charge is 0.189 e. The minimum atomic E-state index is 0.661. The van der Waals surface area contributed by atoms with Crippen molar-refractivity contribution in [3.63, 3.8) is 0 Å². The van der Waals surface area contributed by atoms with Gasteiger partial charge in [-0.25, -0.2) is 0 Å². The van der Waals surface area contributed by atoms with E-state index in [1.54, 1.807) is 13.3 Å². The van der Waals surface area contributed by atoms with Gasteiger partial charge in [0, 0.05) is 13.5 Å². The van der Waals surface area contributed by atoms with Crippen LogP contribution in [-0.4, -0.2) is 19.2 Å². The predicted octanol–water partition coefficient (Wildman–Crippen LogP) is 10.4. The summed E-state index contributed by atoms with van der Waals surface area (Å²) < 4.78 is 5.68. The molecule has 0 heterocycles. The van der Waals surface area contributed by atoms with Crippen molar-refractivity contribution in [3.05, 3.63) is 60.4 Å². The molecule has 1 aromatic rings. The summed E-state index contributed by atoms with van der Waals surface area (Å²) >= 11 is 3.53. The van der Waals surface area contributed by atoms with Crippen LogP contribution in [-0.2, 0) is 11.2 Å². The van der Waals surface area contributed by atoms with Crippen LogP contribution in [0.4, 0.5) is 0 Å². The Morgan fingerprint density at radius 2 is 1.32 bits per heavy atom. The quantitative estimate of drug-likeness (QED) is 0.0688. The fourth-order valence-electron chi connectivity index (χ4n) is 2.92. The monoisotopic (exact) mass is 489 g/mol. The molecule has 0 saturated heterocycles. The molecule has 0 spiro atoms. The number of rotatable bonds is 14. The van der Waals surface area contributed by atoms with E-state index in [2.05, 4.69) is 75.8 Å². The summed E-state index contributed by atoms with van der Waals surface area (Å²) in [6, 6.07) is 10.5. The fourth-order valence-corrected chi connectivity index (χ4v) is 2.92. The Morgan fingerprint density at radius 1 is 0.824 bits per heavy atom. The summed E-state index contributed by atoms with van der Waals surface area (Å²) in [7, 11) is 1.78. The zero-order valence-corrected chi connectivity index (χ0v) is 24.1. The number of nitrogens with zero attached hydrogens (tertiary/aromatic N) is 1. The fraction of sp³-hybridized carbons (Fsp3) is 0.645. The number of unbranched alkanes of at least 4 members (excludes halogenated alkanes) is 8. The lowest BCUT2D eigenvalue weighted by Gasteiger charge is -2.11. The Bertz CT molecular complexity index is 604. The molecule has 196 valence electrons. The third kappa shape index (κ3) is 25.1. The zero-order chi connectivity index (χ0) is 25.9. The van der Waals surface area contributed by atoms with E-state index in [9.17, 15) is 0 Å². The van der Waals surface area contributed by atoms with Gasteiger partial charge in [-0.1, -0.05) is 135 Å². The van der Waals surface area contributed by atoms with E-state index >= 15 is 0 Å². The molecule has 0 aliphatic heterocycles.